The van der Waals surface area contributed by atoms with Gasteiger partial charge in [-0.25, -0.2) is 9.97 Å². The second-order valence-electron chi connectivity index (χ2n) is 7.41. The zero-order valence-corrected chi connectivity index (χ0v) is 17.5. The largest absolute Gasteiger partial charge is 0.382 e. The number of aromatic nitrogens is 3. The maximum absolute atomic E-state index is 6.06. The summed E-state index contributed by atoms with van der Waals surface area (Å²) < 4.78 is 0.991. The van der Waals surface area contributed by atoms with Crippen molar-refractivity contribution < 1.29 is 0 Å². The molecule has 0 unspecified atom stereocenters. The Morgan fingerprint density at radius 2 is 1.72 bits per heavy atom. The molecule has 0 aliphatic carbocycles. The van der Waals surface area contributed by atoms with Crippen LogP contribution in [0.3, 0.4) is 0 Å². The number of nitrogens with zero attached hydrogens (tertiary/aromatic N) is 5. The molecule has 4 aromatic rings. The number of benzene rings is 1. The highest BCUT2D eigenvalue weighted by Gasteiger charge is 2.19. The number of hydrogen-bond acceptors (Lipinski definition) is 7. The van der Waals surface area contributed by atoms with Crippen molar-refractivity contribution >= 4 is 49.7 Å². The molecule has 148 valence electrons. The smallest absolute Gasteiger partial charge is 0.144 e. The lowest BCUT2D eigenvalue weighted by Crippen LogP contribution is -2.45. The van der Waals surface area contributed by atoms with E-state index in [4.69, 9.17) is 17.3 Å². The molecule has 8 heteroatoms. The van der Waals surface area contributed by atoms with Crippen LogP contribution in [-0.2, 0) is 13.1 Å². The van der Waals surface area contributed by atoms with Crippen LogP contribution in [0.2, 0.25) is 5.02 Å². The fraction of sp³-hybridized carbons (Fsp3) is 0.286. The summed E-state index contributed by atoms with van der Waals surface area (Å²) in [7, 11) is 0. The van der Waals surface area contributed by atoms with Crippen molar-refractivity contribution in [3.8, 4) is 0 Å². The second kappa shape index (κ2) is 7.84. The van der Waals surface area contributed by atoms with Gasteiger partial charge < -0.3 is 5.73 Å². The van der Waals surface area contributed by atoms with Crippen LogP contribution in [0.5, 0.6) is 0 Å². The molecule has 0 atom stereocenters. The lowest BCUT2D eigenvalue weighted by atomic mass is 10.1. The van der Waals surface area contributed by atoms with Crippen LogP contribution in [-0.4, -0.2) is 50.9 Å². The minimum Gasteiger partial charge on any atom is -0.382 e. The molecule has 1 saturated heterocycles. The van der Waals surface area contributed by atoms with Crippen molar-refractivity contribution in [3.63, 3.8) is 0 Å². The predicted octanol–water partition coefficient (Wildman–Crippen LogP) is 3.79. The average molecular weight is 425 g/mol. The third kappa shape index (κ3) is 4.04. The SMILES string of the molecule is Nc1ncnc2cc(CN3CCN(Cc4cc5ccc(Cl)cc5cn4)CC3)sc12. The Balaban J connectivity index is 1.20. The van der Waals surface area contributed by atoms with Crippen LogP contribution in [0.1, 0.15) is 10.6 Å². The zero-order valence-electron chi connectivity index (χ0n) is 15.9. The number of fused-ring (bicyclic) bond motifs is 2. The minimum atomic E-state index is 0.571. The number of nitrogens with two attached hydrogens (primary N) is 1. The Morgan fingerprint density at radius 3 is 2.52 bits per heavy atom. The van der Waals surface area contributed by atoms with Gasteiger partial charge in [0.25, 0.3) is 0 Å². The van der Waals surface area contributed by atoms with E-state index in [1.54, 1.807) is 11.3 Å². The Labute approximate surface area is 177 Å². The number of hydrogen-bond donors (Lipinski definition) is 1. The summed E-state index contributed by atoms with van der Waals surface area (Å²) in [4.78, 5) is 19.3. The molecule has 4 heterocycles. The molecule has 3 aromatic heterocycles. The molecule has 1 aliphatic rings. The van der Waals surface area contributed by atoms with Gasteiger partial charge in [-0.05, 0) is 29.7 Å². The van der Waals surface area contributed by atoms with E-state index in [1.807, 2.05) is 18.3 Å². The van der Waals surface area contributed by atoms with Crippen molar-refractivity contribution in [3.05, 3.63) is 58.4 Å². The number of pyridine rings is 1. The van der Waals surface area contributed by atoms with Gasteiger partial charge in [-0.2, -0.15) is 0 Å². The molecule has 5 rings (SSSR count). The second-order valence-corrected chi connectivity index (χ2v) is 8.98. The number of rotatable bonds is 4. The molecule has 29 heavy (non-hydrogen) atoms. The van der Waals surface area contributed by atoms with Crippen LogP contribution in [0.4, 0.5) is 5.82 Å². The van der Waals surface area contributed by atoms with Gasteiger partial charge in [-0.3, -0.25) is 14.8 Å². The lowest BCUT2D eigenvalue weighted by molar-refractivity contribution is 0.122. The zero-order chi connectivity index (χ0) is 19.8. The summed E-state index contributed by atoms with van der Waals surface area (Å²) in [5.74, 6) is 0.571. The number of nitrogen functional groups attached to an aromatic ring is 1. The van der Waals surface area contributed by atoms with Crippen LogP contribution < -0.4 is 5.73 Å². The fourth-order valence-electron chi connectivity index (χ4n) is 3.80. The van der Waals surface area contributed by atoms with Gasteiger partial charge in [-0.1, -0.05) is 17.7 Å². The first-order chi connectivity index (χ1) is 14.1. The molecule has 0 bridgehead atoms. The summed E-state index contributed by atoms with van der Waals surface area (Å²) in [5.41, 5.74) is 8.01. The van der Waals surface area contributed by atoms with Crippen LogP contribution >= 0.6 is 22.9 Å². The van der Waals surface area contributed by atoms with Crippen LogP contribution in [0.15, 0.2) is 42.9 Å². The summed E-state index contributed by atoms with van der Waals surface area (Å²) in [5, 5.41) is 3.02. The third-order valence-electron chi connectivity index (χ3n) is 5.36. The fourth-order valence-corrected chi connectivity index (χ4v) is 5.03. The van der Waals surface area contributed by atoms with Crippen LogP contribution in [0, 0.1) is 0 Å². The van der Waals surface area contributed by atoms with Gasteiger partial charge >= 0.3 is 0 Å². The maximum Gasteiger partial charge on any atom is 0.144 e. The Bertz CT molecular complexity index is 1170. The first kappa shape index (κ1) is 18.7. The van der Waals surface area contributed by atoms with E-state index in [0.29, 0.717) is 5.82 Å². The topological polar surface area (TPSA) is 71.2 Å². The summed E-state index contributed by atoms with van der Waals surface area (Å²) >= 11 is 7.76. The molecule has 0 amide bonds. The van der Waals surface area contributed by atoms with E-state index in [2.05, 4.69) is 43.0 Å². The Kier molecular flexibility index (Phi) is 5.05. The normalized spacial score (nSPS) is 16.0. The van der Waals surface area contributed by atoms with Crippen molar-refractivity contribution in [1.29, 1.82) is 0 Å². The maximum atomic E-state index is 6.06. The van der Waals surface area contributed by atoms with Crippen molar-refractivity contribution in [1.82, 2.24) is 24.8 Å². The van der Waals surface area contributed by atoms with Gasteiger partial charge in [0.05, 0.1) is 15.9 Å². The van der Waals surface area contributed by atoms with Gasteiger partial charge in [0, 0.05) is 60.8 Å². The van der Waals surface area contributed by atoms with E-state index >= 15 is 0 Å². The summed E-state index contributed by atoms with van der Waals surface area (Å²) in [6.07, 6.45) is 3.45. The molecule has 1 aromatic carbocycles. The van der Waals surface area contributed by atoms with Gasteiger partial charge in [-0.15, -0.1) is 11.3 Å². The number of piperazine rings is 1. The highest BCUT2D eigenvalue weighted by Crippen LogP contribution is 2.28. The van der Waals surface area contributed by atoms with Crippen molar-refractivity contribution in [2.75, 3.05) is 31.9 Å². The minimum absolute atomic E-state index is 0.571. The highest BCUT2D eigenvalue weighted by atomic mass is 35.5. The van der Waals surface area contributed by atoms with Gasteiger partial charge in [0.15, 0.2) is 0 Å². The van der Waals surface area contributed by atoms with Crippen molar-refractivity contribution in [2.24, 2.45) is 0 Å². The van der Waals surface area contributed by atoms with E-state index in [1.165, 1.54) is 16.6 Å². The molecular formula is C21H21ClN6S. The molecule has 1 fully saturated rings. The van der Waals surface area contributed by atoms with Gasteiger partial charge in [0.1, 0.15) is 12.1 Å². The third-order valence-corrected chi connectivity index (χ3v) is 6.73. The van der Waals surface area contributed by atoms with E-state index in [9.17, 15) is 0 Å². The molecular weight excluding hydrogens is 404 g/mol. The van der Waals surface area contributed by atoms with E-state index < -0.39 is 0 Å². The first-order valence-electron chi connectivity index (χ1n) is 9.62. The van der Waals surface area contributed by atoms with E-state index in [0.717, 1.165) is 65.6 Å². The standard InChI is InChI=1S/C21H21ClN6S/c22-16-2-1-14-8-17(24-10-15(14)7-16)11-27-3-5-28(6-4-27)12-18-9-19-20(29-18)21(23)26-13-25-19/h1-2,7-10,13H,3-6,11-12H2,(H2,23,25,26). The molecule has 1 aliphatic heterocycles. The van der Waals surface area contributed by atoms with Crippen LogP contribution in [0.25, 0.3) is 21.0 Å². The molecule has 0 radical (unpaired) electrons. The Morgan fingerprint density at radius 1 is 0.931 bits per heavy atom. The first-order valence-corrected chi connectivity index (χ1v) is 10.8. The highest BCUT2D eigenvalue weighted by molar-refractivity contribution is 7.19. The number of halogens is 1. The predicted molar refractivity (Wildman–Crippen MR) is 119 cm³/mol. The quantitative estimate of drug-likeness (QED) is 0.537. The summed E-state index contributed by atoms with van der Waals surface area (Å²) in [6, 6.07) is 10.2. The molecule has 2 N–H and O–H groups in total. The summed E-state index contributed by atoms with van der Waals surface area (Å²) in [6.45, 7) is 5.96. The monoisotopic (exact) mass is 424 g/mol. The number of thiophene rings is 1. The molecule has 6 nitrogen and oxygen atoms in total. The average Bonchev–Trinajstić information content (AvgIpc) is 3.13. The Hall–Kier alpha value is -2.32. The molecule has 0 saturated carbocycles. The van der Waals surface area contributed by atoms with Crippen molar-refractivity contribution in [2.45, 2.75) is 13.1 Å². The molecule has 0 spiro atoms. The number of anilines is 1. The van der Waals surface area contributed by atoms with E-state index in [-0.39, 0.29) is 0 Å². The van der Waals surface area contributed by atoms with Gasteiger partial charge in [0.2, 0.25) is 0 Å². The lowest BCUT2D eigenvalue weighted by Gasteiger charge is -2.34.